The van der Waals surface area contributed by atoms with Crippen LogP contribution in [0.4, 0.5) is 11.4 Å². The summed E-state index contributed by atoms with van der Waals surface area (Å²) in [5.74, 6) is -1.68. The largest absolute Gasteiger partial charge is 0.372 e. The molecule has 15 N–H and O–H groups in total. The van der Waals surface area contributed by atoms with Crippen molar-refractivity contribution in [3.63, 3.8) is 0 Å². The molecule has 0 spiro atoms. The van der Waals surface area contributed by atoms with Crippen molar-refractivity contribution in [2.45, 2.75) is 18.6 Å². The molecule has 0 aromatic heterocycles. The van der Waals surface area contributed by atoms with Gasteiger partial charge in [-0.05, 0) is 29.8 Å². The molecule has 0 fully saturated rings. The first kappa shape index (κ1) is 33.2. The number of nitrogens with two attached hydrogens (primary N) is 3. The monoisotopic (exact) mass is 602 g/mol. The molecule has 0 radical (unpaired) electrons. The highest BCUT2D eigenvalue weighted by Crippen LogP contribution is 2.15. The Kier molecular flexibility index (Phi) is 12.9. The lowest BCUT2D eigenvalue weighted by Crippen LogP contribution is -2.57. The Labute approximate surface area is 244 Å². The van der Waals surface area contributed by atoms with E-state index in [4.69, 9.17) is 27.4 Å². The second-order valence-corrected chi connectivity index (χ2v) is 10.8. The molecule has 17 heteroatoms. The lowest BCUT2D eigenvalue weighted by atomic mass is 10.1. The second-order valence-electron chi connectivity index (χ2n) is 9.03. The van der Waals surface area contributed by atoms with Gasteiger partial charge in [-0.25, -0.2) is 13.6 Å². The van der Waals surface area contributed by atoms with E-state index >= 15 is 0 Å². The second kappa shape index (κ2) is 16.3. The van der Waals surface area contributed by atoms with E-state index in [0.29, 0.717) is 17.2 Å². The third kappa shape index (κ3) is 13.4. The topological polar surface area (TPSA) is 278 Å². The zero-order valence-electron chi connectivity index (χ0n) is 22.9. The molecule has 2 amide bonds. The first-order valence-electron chi connectivity index (χ1n) is 12.7. The average Bonchev–Trinajstić information content (AvgIpc) is 2.92. The molecule has 0 aliphatic carbocycles. The van der Waals surface area contributed by atoms with Gasteiger partial charge >= 0.3 is 0 Å². The number of primary sulfonamides is 1. The summed E-state index contributed by atoms with van der Waals surface area (Å²) in [7, 11) is -3.60. The van der Waals surface area contributed by atoms with Gasteiger partial charge in [-0.15, -0.1) is 0 Å². The maximum Gasteiger partial charge on any atom is 0.245 e. The van der Waals surface area contributed by atoms with Crippen LogP contribution in [0, 0.1) is 10.8 Å². The number of guanidine groups is 2. The number of carbonyl (C=O) groups is 2. The Morgan fingerprint density at radius 2 is 1.38 bits per heavy atom. The molecule has 42 heavy (non-hydrogen) atoms. The molecule has 2 aromatic rings. The van der Waals surface area contributed by atoms with Crippen LogP contribution in [0.5, 0.6) is 0 Å². The molecule has 0 aliphatic rings. The van der Waals surface area contributed by atoms with Crippen LogP contribution in [0.2, 0.25) is 0 Å². The van der Waals surface area contributed by atoms with Gasteiger partial charge in [0.25, 0.3) is 0 Å². The first-order valence-corrected chi connectivity index (χ1v) is 14.4. The molecular weight excluding hydrogens is 564 g/mol. The SMILES string of the molecule is C=C(NCCS(N)(=O)=O)Nc1ccc(NC(CNC(=N)N)C(=O)NC(CNC(=N)N)C(=O)NCc2ccccc2)cc1. The third-order valence-corrected chi connectivity index (χ3v) is 6.27. The normalized spacial score (nSPS) is 12.1. The average molecular weight is 603 g/mol. The van der Waals surface area contributed by atoms with E-state index in [9.17, 15) is 18.0 Å². The minimum Gasteiger partial charge on any atom is -0.372 e. The summed E-state index contributed by atoms with van der Waals surface area (Å²) < 4.78 is 22.1. The number of sulfonamides is 1. The van der Waals surface area contributed by atoms with Crippen LogP contribution in [-0.4, -0.2) is 69.6 Å². The van der Waals surface area contributed by atoms with Crippen molar-refractivity contribution in [1.29, 1.82) is 10.8 Å². The number of rotatable bonds is 17. The molecule has 0 bridgehead atoms. The molecule has 0 saturated carbocycles. The summed E-state index contributed by atoms with van der Waals surface area (Å²) in [5.41, 5.74) is 12.8. The molecule has 2 rings (SSSR count). The fraction of sp³-hybridized carbons (Fsp3) is 0.280. The maximum atomic E-state index is 13.3. The summed E-state index contributed by atoms with van der Waals surface area (Å²) in [5, 5.41) is 39.3. The van der Waals surface area contributed by atoms with E-state index in [-0.39, 0.29) is 43.9 Å². The van der Waals surface area contributed by atoms with Gasteiger partial charge in [-0.1, -0.05) is 36.9 Å². The summed E-state index contributed by atoms with van der Waals surface area (Å²) in [6, 6.07) is 13.9. The summed E-state index contributed by atoms with van der Waals surface area (Å²) in [6.07, 6.45) is 0. The Morgan fingerprint density at radius 1 is 0.810 bits per heavy atom. The molecule has 2 aromatic carbocycles. The van der Waals surface area contributed by atoms with Crippen LogP contribution >= 0.6 is 0 Å². The zero-order chi connectivity index (χ0) is 31.1. The lowest BCUT2D eigenvalue weighted by Gasteiger charge is -2.24. The van der Waals surface area contributed by atoms with Crippen molar-refractivity contribution in [3.8, 4) is 0 Å². The number of amides is 2. The highest BCUT2D eigenvalue weighted by Gasteiger charge is 2.26. The van der Waals surface area contributed by atoms with Gasteiger partial charge in [-0.3, -0.25) is 20.4 Å². The van der Waals surface area contributed by atoms with E-state index in [1.807, 2.05) is 30.3 Å². The number of hydrogen-bond donors (Lipinski definition) is 12. The predicted octanol–water partition coefficient (Wildman–Crippen LogP) is -2.00. The minimum absolute atomic E-state index is 0.0789. The van der Waals surface area contributed by atoms with Gasteiger partial charge < -0.3 is 48.7 Å². The van der Waals surface area contributed by atoms with Crippen molar-refractivity contribution in [1.82, 2.24) is 26.6 Å². The van der Waals surface area contributed by atoms with Crippen molar-refractivity contribution in [3.05, 3.63) is 72.6 Å². The van der Waals surface area contributed by atoms with Gasteiger partial charge in [0.1, 0.15) is 12.1 Å². The number of anilines is 2. The third-order valence-electron chi connectivity index (χ3n) is 5.50. The fourth-order valence-corrected chi connectivity index (χ4v) is 3.82. The van der Waals surface area contributed by atoms with E-state index in [1.54, 1.807) is 24.3 Å². The minimum atomic E-state index is -3.60. The summed E-state index contributed by atoms with van der Waals surface area (Å²) in [6.45, 7) is 3.87. The molecule has 2 unspecified atom stereocenters. The quantitative estimate of drug-likeness (QED) is 0.0694. The number of carbonyl (C=O) groups excluding carboxylic acids is 2. The van der Waals surface area contributed by atoms with E-state index in [1.165, 1.54) is 0 Å². The lowest BCUT2D eigenvalue weighted by molar-refractivity contribution is -0.129. The van der Waals surface area contributed by atoms with Crippen molar-refractivity contribution >= 4 is 45.1 Å². The van der Waals surface area contributed by atoms with Gasteiger partial charge in [0.15, 0.2) is 11.9 Å². The molecule has 0 saturated heterocycles. The smallest absolute Gasteiger partial charge is 0.245 e. The van der Waals surface area contributed by atoms with Crippen molar-refractivity contribution < 1.29 is 18.0 Å². The standard InChI is InChI=1S/C25H38N12O4S/c1-16(31-11-12-42(30,40)41)35-18-7-9-19(10-8-18)36-21(15-34-25(28)29)23(39)37-20(14-33-24(26)27)22(38)32-13-17-5-3-2-4-6-17/h2-10,20-21,31,35-36H,1,11-15H2,(H,32,38)(H,37,39)(H4,26,27,33)(H4,28,29,34)(H2,30,40,41). The summed E-state index contributed by atoms with van der Waals surface area (Å²) >= 11 is 0. The van der Waals surface area contributed by atoms with Crippen LogP contribution in [-0.2, 0) is 26.2 Å². The van der Waals surface area contributed by atoms with Gasteiger partial charge in [-0.2, -0.15) is 0 Å². The summed E-state index contributed by atoms with van der Waals surface area (Å²) in [4.78, 5) is 26.2. The van der Waals surface area contributed by atoms with E-state index < -0.39 is 33.9 Å². The first-order chi connectivity index (χ1) is 19.8. The Morgan fingerprint density at radius 3 is 1.95 bits per heavy atom. The van der Waals surface area contributed by atoms with Gasteiger partial charge in [0.2, 0.25) is 21.8 Å². The highest BCUT2D eigenvalue weighted by atomic mass is 32.2. The van der Waals surface area contributed by atoms with Crippen LogP contribution in [0.15, 0.2) is 67.0 Å². The van der Waals surface area contributed by atoms with Crippen LogP contribution in [0.25, 0.3) is 0 Å². The number of benzene rings is 2. The molecule has 16 nitrogen and oxygen atoms in total. The molecule has 228 valence electrons. The van der Waals surface area contributed by atoms with Gasteiger partial charge in [0, 0.05) is 37.6 Å². The number of nitrogens with one attached hydrogen (secondary N) is 9. The Bertz CT molecular complexity index is 1340. The molecular formula is C25H38N12O4S. The van der Waals surface area contributed by atoms with Crippen molar-refractivity contribution in [2.24, 2.45) is 16.6 Å². The van der Waals surface area contributed by atoms with Crippen LogP contribution in [0.1, 0.15) is 5.56 Å². The molecule has 2 atom stereocenters. The van der Waals surface area contributed by atoms with Crippen LogP contribution in [0.3, 0.4) is 0 Å². The molecule has 0 aliphatic heterocycles. The fourth-order valence-electron chi connectivity index (χ4n) is 3.44. The Hall–Kier alpha value is -5.03. The zero-order valence-corrected chi connectivity index (χ0v) is 23.7. The van der Waals surface area contributed by atoms with E-state index in [0.717, 1.165) is 5.56 Å². The Balaban J connectivity index is 2.06. The molecule has 0 heterocycles. The predicted molar refractivity (Wildman–Crippen MR) is 163 cm³/mol. The van der Waals surface area contributed by atoms with Crippen molar-refractivity contribution in [2.75, 3.05) is 36.0 Å². The maximum absolute atomic E-state index is 13.3. The number of hydrogen-bond acceptors (Lipinski definition) is 9. The highest BCUT2D eigenvalue weighted by molar-refractivity contribution is 7.89. The van der Waals surface area contributed by atoms with E-state index in [2.05, 4.69) is 43.8 Å². The van der Waals surface area contributed by atoms with Gasteiger partial charge in [0.05, 0.1) is 11.6 Å². The van der Waals surface area contributed by atoms with Crippen LogP contribution < -0.4 is 53.8 Å².